The molecule has 2 bridgehead atoms. The number of rotatable bonds is 7. The number of nitrogens with zero attached hydrogens (tertiary/aromatic N) is 4. The average Bonchev–Trinajstić information content (AvgIpc) is 3.37. The average molecular weight is 382 g/mol. The van der Waals surface area contributed by atoms with Crippen molar-refractivity contribution in [1.82, 2.24) is 19.7 Å². The van der Waals surface area contributed by atoms with Crippen LogP contribution in [-0.4, -0.2) is 37.6 Å². The fourth-order valence-electron chi connectivity index (χ4n) is 4.03. The van der Waals surface area contributed by atoms with E-state index < -0.39 is 5.91 Å². The molecule has 0 aromatic carbocycles. The molecule has 28 heavy (non-hydrogen) atoms. The number of hydrogen-bond donors (Lipinski definition) is 4. The molecule has 2 aromatic heterocycles. The molecule has 2 aliphatic carbocycles. The zero-order valence-electron chi connectivity index (χ0n) is 15.4. The standard InChI is InChI=1S/C18H22N8O2/c1-2-26-8-11(6-22-26)23-18-21-7-12(15(19)27)17(25-18)24-14-10-4-3-9(5-10)13(14)16(20)28/h3-4,6-10,13-14H,2,5H2,1H3,(H2,19,27)(H2,20,28)(H2,21,23,24,25)/t9-,10+,13+,14-/m1/s1. The van der Waals surface area contributed by atoms with Crippen LogP contribution in [0.2, 0.25) is 0 Å². The van der Waals surface area contributed by atoms with Crippen LogP contribution in [0.25, 0.3) is 0 Å². The highest BCUT2D eigenvalue weighted by Gasteiger charge is 2.47. The minimum absolute atomic E-state index is 0.108. The topological polar surface area (TPSA) is 154 Å². The fraction of sp³-hybridized carbons (Fsp3) is 0.389. The van der Waals surface area contributed by atoms with Crippen LogP contribution in [0.15, 0.2) is 30.7 Å². The maximum Gasteiger partial charge on any atom is 0.254 e. The number of carbonyl (C=O) groups excluding carboxylic acids is 2. The molecule has 2 amide bonds. The van der Waals surface area contributed by atoms with Gasteiger partial charge < -0.3 is 22.1 Å². The lowest BCUT2D eigenvalue weighted by Gasteiger charge is -2.27. The predicted octanol–water partition coefficient (Wildman–Crippen LogP) is 0.623. The first-order valence-corrected chi connectivity index (χ1v) is 9.16. The summed E-state index contributed by atoms with van der Waals surface area (Å²) in [5.74, 6) is -0.544. The van der Waals surface area contributed by atoms with Crippen LogP contribution in [0.4, 0.5) is 17.5 Å². The van der Waals surface area contributed by atoms with Crippen molar-refractivity contribution in [2.24, 2.45) is 29.2 Å². The molecular formula is C18H22N8O2. The lowest BCUT2D eigenvalue weighted by Crippen LogP contribution is -2.41. The molecular weight excluding hydrogens is 360 g/mol. The number of nitrogens with two attached hydrogens (primary N) is 2. The summed E-state index contributed by atoms with van der Waals surface area (Å²) in [6, 6.07) is -0.240. The highest BCUT2D eigenvalue weighted by molar-refractivity contribution is 5.97. The highest BCUT2D eigenvalue weighted by atomic mass is 16.1. The summed E-state index contributed by atoms with van der Waals surface area (Å²) in [4.78, 5) is 32.4. The summed E-state index contributed by atoms with van der Waals surface area (Å²) < 4.78 is 1.76. The molecule has 4 rings (SSSR count). The second-order valence-electron chi connectivity index (χ2n) is 7.08. The molecule has 0 aliphatic heterocycles. The fourth-order valence-corrected chi connectivity index (χ4v) is 4.03. The third-order valence-corrected chi connectivity index (χ3v) is 5.36. The van der Waals surface area contributed by atoms with E-state index in [0.29, 0.717) is 0 Å². The lowest BCUT2D eigenvalue weighted by molar-refractivity contribution is -0.122. The number of hydrogen-bond acceptors (Lipinski definition) is 7. The summed E-state index contributed by atoms with van der Waals surface area (Å²) in [5.41, 5.74) is 12.0. The molecule has 10 heteroatoms. The molecule has 2 heterocycles. The summed E-state index contributed by atoms with van der Waals surface area (Å²) in [7, 11) is 0. The summed E-state index contributed by atoms with van der Waals surface area (Å²) in [5, 5.41) is 10.5. The zero-order chi connectivity index (χ0) is 19.8. The molecule has 4 atom stereocenters. The Morgan fingerprint density at radius 3 is 2.71 bits per heavy atom. The Bertz CT molecular complexity index is 953. The van der Waals surface area contributed by atoms with Crippen molar-refractivity contribution in [2.75, 3.05) is 10.6 Å². The second kappa shape index (κ2) is 6.95. The van der Waals surface area contributed by atoms with Crippen molar-refractivity contribution in [3.8, 4) is 0 Å². The van der Waals surface area contributed by atoms with Crippen molar-refractivity contribution in [2.45, 2.75) is 25.9 Å². The second-order valence-corrected chi connectivity index (χ2v) is 7.08. The smallest absolute Gasteiger partial charge is 0.254 e. The van der Waals surface area contributed by atoms with Crippen LogP contribution in [0.5, 0.6) is 0 Å². The molecule has 0 spiro atoms. The number of amides is 2. The molecule has 0 radical (unpaired) electrons. The zero-order valence-corrected chi connectivity index (χ0v) is 15.4. The molecule has 2 aromatic rings. The first-order valence-electron chi connectivity index (χ1n) is 9.16. The highest BCUT2D eigenvalue weighted by Crippen LogP contribution is 2.45. The van der Waals surface area contributed by atoms with Gasteiger partial charge in [0, 0.05) is 25.0 Å². The Hall–Kier alpha value is -3.43. The number of nitrogens with one attached hydrogen (secondary N) is 2. The largest absolute Gasteiger partial charge is 0.369 e. The van der Waals surface area contributed by atoms with E-state index in [4.69, 9.17) is 11.5 Å². The van der Waals surface area contributed by atoms with E-state index in [1.165, 1.54) is 6.20 Å². The van der Waals surface area contributed by atoms with Crippen LogP contribution in [0.3, 0.4) is 0 Å². The van der Waals surface area contributed by atoms with Gasteiger partial charge in [0.2, 0.25) is 11.9 Å². The maximum absolute atomic E-state index is 12.0. The lowest BCUT2D eigenvalue weighted by atomic mass is 9.88. The van der Waals surface area contributed by atoms with Gasteiger partial charge in [0.05, 0.1) is 23.4 Å². The Morgan fingerprint density at radius 2 is 2.04 bits per heavy atom. The van der Waals surface area contributed by atoms with Crippen LogP contribution in [0.1, 0.15) is 23.7 Å². The van der Waals surface area contributed by atoms with Crippen molar-refractivity contribution in [3.05, 3.63) is 36.3 Å². The number of anilines is 3. The van der Waals surface area contributed by atoms with E-state index in [1.54, 1.807) is 10.9 Å². The SMILES string of the molecule is CCn1cc(Nc2ncc(C(N)=O)c(N[C@H]3[C@@H](C(N)=O)[C@@H]4C=C[C@H]3C4)n2)cn1. The number of aryl methyl sites for hydroxylation is 1. The number of carbonyl (C=O) groups is 2. The third-order valence-electron chi connectivity index (χ3n) is 5.36. The molecule has 146 valence electrons. The Kier molecular flexibility index (Phi) is 4.46. The number of primary amides is 2. The van der Waals surface area contributed by atoms with E-state index in [1.807, 2.05) is 19.2 Å². The van der Waals surface area contributed by atoms with Gasteiger partial charge in [-0.1, -0.05) is 12.2 Å². The summed E-state index contributed by atoms with van der Waals surface area (Å²) in [6.07, 6.45) is 9.81. The Morgan fingerprint density at radius 1 is 1.25 bits per heavy atom. The van der Waals surface area contributed by atoms with E-state index in [0.717, 1.165) is 18.7 Å². The van der Waals surface area contributed by atoms with E-state index in [9.17, 15) is 9.59 Å². The third kappa shape index (κ3) is 3.17. The minimum Gasteiger partial charge on any atom is -0.369 e. The van der Waals surface area contributed by atoms with Crippen molar-refractivity contribution >= 4 is 29.3 Å². The number of fused-ring (bicyclic) bond motifs is 2. The predicted molar refractivity (Wildman–Crippen MR) is 103 cm³/mol. The van der Waals surface area contributed by atoms with Crippen LogP contribution in [0, 0.1) is 17.8 Å². The van der Waals surface area contributed by atoms with Gasteiger partial charge in [-0.15, -0.1) is 0 Å². The Labute approximate surface area is 161 Å². The van der Waals surface area contributed by atoms with Gasteiger partial charge >= 0.3 is 0 Å². The monoisotopic (exact) mass is 382 g/mol. The molecule has 0 unspecified atom stereocenters. The van der Waals surface area contributed by atoms with E-state index >= 15 is 0 Å². The van der Waals surface area contributed by atoms with Gasteiger partial charge in [-0.05, 0) is 25.2 Å². The van der Waals surface area contributed by atoms with E-state index in [2.05, 4.69) is 31.8 Å². The van der Waals surface area contributed by atoms with Crippen LogP contribution in [-0.2, 0) is 11.3 Å². The van der Waals surface area contributed by atoms with Crippen LogP contribution >= 0.6 is 0 Å². The Balaban J connectivity index is 1.62. The molecule has 2 aliphatic rings. The van der Waals surface area contributed by atoms with Gasteiger partial charge in [0.15, 0.2) is 0 Å². The summed E-state index contributed by atoms with van der Waals surface area (Å²) >= 11 is 0. The molecule has 1 saturated carbocycles. The molecule has 6 N–H and O–H groups in total. The number of allylic oxidation sites excluding steroid dienone is 1. The van der Waals surface area contributed by atoms with Gasteiger partial charge in [-0.2, -0.15) is 10.1 Å². The van der Waals surface area contributed by atoms with Crippen molar-refractivity contribution in [3.63, 3.8) is 0 Å². The minimum atomic E-state index is -0.651. The normalized spacial score (nSPS) is 25.0. The van der Waals surface area contributed by atoms with Gasteiger partial charge in [-0.3, -0.25) is 14.3 Å². The van der Waals surface area contributed by atoms with Crippen molar-refractivity contribution < 1.29 is 9.59 Å². The molecule has 0 saturated heterocycles. The molecule has 10 nitrogen and oxygen atoms in total. The van der Waals surface area contributed by atoms with Gasteiger partial charge in [-0.25, -0.2) is 4.98 Å². The van der Waals surface area contributed by atoms with Gasteiger partial charge in [0.1, 0.15) is 5.82 Å². The van der Waals surface area contributed by atoms with E-state index in [-0.39, 0.29) is 47.0 Å². The molecule has 1 fully saturated rings. The van der Waals surface area contributed by atoms with Crippen LogP contribution < -0.4 is 22.1 Å². The first-order chi connectivity index (χ1) is 13.5. The maximum atomic E-state index is 12.0. The number of aromatic nitrogens is 4. The van der Waals surface area contributed by atoms with Crippen molar-refractivity contribution in [1.29, 1.82) is 0 Å². The first kappa shape index (κ1) is 18.0. The summed E-state index contributed by atoms with van der Waals surface area (Å²) in [6.45, 7) is 2.72. The van der Waals surface area contributed by atoms with Gasteiger partial charge in [0.25, 0.3) is 5.91 Å². The quantitative estimate of drug-likeness (QED) is 0.512.